The van der Waals surface area contributed by atoms with Gasteiger partial charge in [0.05, 0.1) is 29.0 Å². The highest BCUT2D eigenvalue weighted by molar-refractivity contribution is 5.85. The summed E-state index contributed by atoms with van der Waals surface area (Å²) < 4.78 is 31.4. The fourth-order valence-corrected chi connectivity index (χ4v) is 3.60. The van der Waals surface area contributed by atoms with E-state index in [9.17, 15) is 8.78 Å². The largest absolute Gasteiger partial charge is 0.272 e. The van der Waals surface area contributed by atoms with E-state index in [4.69, 9.17) is 4.98 Å². The molecule has 0 aliphatic heterocycles. The molecule has 0 unspecified atom stereocenters. The number of alkyl halides is 2. The minimum atomic E-state index is -2.61. The molecule has 0 aliphatic rings. The topological polar surface area (TPSA) is 48.5 Å². The molecule has 150 valence electrons. The van der Waals surface area contributed by atoms with Crippen LogP contribution in [0.2, 0.25) is 0 Å². The molecule has 5 nitrogen and oxygen atoms in total. The molecule has 3 aromatic heterocycles. The van der Waals surface area contributed by atoms with Crippen LogP contribution in [0, 0.1) is 20.8 Å². The number of nitrogens with zero attached hydrogens (tertiary/aromatic N) is 5. The van der Waals surface area contributed by atoms with Gasteiger partial charge in [-0.25, -0.2) is 18.4 Å². The molecule has 0 radical (unpaired) electrons. The molecule has 0 saturated heterocycles. The molecule has 0 bridgehead atoms. The summed E-state index contributed by atoms with van der Waals surface area (Å²) in [6, 6.07) is 9.57. The van der Waals surface area contributed by atoms with Gasteiger partial charge in [-0.05, 0) is 39.3 Å². The first kappa shape index (κ1) is 19.2. The summed E-state index contributed by atoms with van der Waals surface area (Å²) >= 11 is 0. The zero-order chi connectivity index (χ0) is 20.7. The SMILES string of the molecule is CCn1cc(-c2cc(C(F)F)c3c(C)nn(Cc4ccc(C)cc4)c3n2)c(C)n1. The Bertz CT molecular complexity index is 1170. The highest BCUT2D eigenvalue weighted by Crippen LogP contribution is 2.34. The number of pyridine rings is 1. The van der Waals surface area contributed by atoms with Gasteiger partial charge in [-0.15, -0.1) is 0 Å². The summed E-state index contributed by atoms with van der Waals surface area (Å²) in [4.78, 5) is 4.75. The maximum Gasteiger partial charge on any atom is 0.264 e. The van der Waals surface area contributed by atoms with Gasteiger partial charge in [-0.1, -0.05) is 29.8 Å². The number of rotatable bonds is 5. The van der Waals surface area contributed by atoms with E-state index in [1.165, 1.54) is 11.6 Å². The van der Waals surface area contributed by atoms with Crippen molar-refractivity contribution in [3.8, 4) is 11.3 Å². The predicted octanol–water partition coefficient (Wildman–Crippen LogP) is 5.23. The van der Waals surface area contributed by atoms with Gasteiger partial charge in [-0.3, -0.25) is 4.68 Å². The van der Waals surface area contributed by atoms with E-state index < -0.39 is 6.43 Å². The lowest BCUT2D eigenvalue weighted by atomic mass is 10.1. The summed E-state index contributed by atoms with van der Waals surface area (Å²) in [6.45, 7) is 8.80. The highest BCUT2D eigenvalue weighted by Gasteiger charge is 2.22. The number of hydrogen-bond donors (Lipinski definition) is 0. The normalized spacial score (nSPS) is 11.7. The standard InChI is InChI=1S/C22H23F2N5/c1-5-28-12-18(14(3)26-28)19-10-17(21(23)24)20-15(4)27-29(22(20)25-19)11-16-8-6-13(2)7-9-16/h6-10,12,21H,5,11H2,1-4H3. The number of aryl methyl sites for hydroxylation is 4. The third kappa shape index (κ3) is 3.52. The first-order valence-electron chi connectivity index (χ1n) is 9.63. The van der Waals surface area contributed by atoms with Crippen molar-refractivity contribution in [3.63, 3.8) is 0 Å². The third-order valence-electron chi connectivity index (χ3n) is 5.14. The van der Waals surface area contributed by atoms with Gasteiger partial charge >= 0.3 is 0 Å². The van der Waals surface area contributed by atoms with Crippen LogP contribution in [-0.4, -0.2) is 24.5 Å². The molecule has 0 saturated carbocycles. The van der Waals surface area contributed by atoms with E-state index >= 15 is 0 Å². The molecule has 0 N–H and O–H groups in total. The number of aromatic nitrogens is 5. The van der Waals surface area contributed by atoms with Crippen LogP contribution in [0.25, 0.3) is 22.3 Å². The minimum Gasteiger partial charge on any atom is -0.272 e. The molecule has 7 heteroatoms. The second-order valence-electron chi connectivity index (χ2n) is 7.31. The zero-order valence-corrected chi connectivity index (χ0v) is 16.9. The second kappa shape index (κ2) is 7.39. The fourth-order valence-electron chi connectivity index (χ4n) is 3.60. The lowest BCUT2D eigenvalue weighted by Crippen LogP contribution is -2.04. The maximum absolute atomic E-state index is 13.9. The van der Waals surface area contributed by atoms with Crippen molar-refractivity contribution in [3.05, 3.63) is 64.6 Å². The number of benzene rings is 1. The maximum atomic E-state index is 13.9. The molecule has 0 aliphatic carbocycles. The molecule has 0 amide bonds. The Labute approximate surface area is 168 Å². The lowest BCUT2D eigenvalue weighted by molar-refractivity contribution is 0.153. The van der Waals surface area contributed by atoms with E-state index in [1.807, 2.05) is 51.2 Å². The average Bonchev–Trinajstić information content (AvgIpc) is 3.22. The fraction of sp³-hybridized carbons (Fsp3) is 0.318. The van der Waals surface area contributed by atoms with Crippen LogP contribution >= 0.6 is 0 Å². The smallest absolute Gasteiger partial charge is 0.264 e. The number of hydrogen-bond acceptors (Lipinski definition) is 3. The van der Waals surface area contributed by atoms with Crippen molar-refractivity contribution >= 4 is 11.0 Å². The Morgan fingerprint density at radius 3 is 2.34 bits per heavy atom. The van der Waals surface area contributed by atoms with Crippen LogP contribution in [0.4, 0.5) is 8.78 Å². The van der Waals surface area contributed by atoms with Gasteiger partial charge in [0, 0.05) is 23.9 Å². The van der Waals surface area contributed by atoms with Crippen LogP contribution < -0.4 is 0 Å². The zero-order valence-electron chi connectivity index (χ0n) is 16.9. The summed E-state index contributed by atoms with van der Waals surface area (Å²) in [6.07, 6.45) is -0.761. The Balaban J connectivity index is 1.90. The molecule has 29 heavy (non-hydrogen) atoms. The van der Waals surface area contributed by atoms with Gasteiger partial charge in [0.15, 0.2) is 5.65 Å². The van der Waals surface area contributed by atoms with Crippen LogP contribution in [-0.2, 0) is 13.1 Å². The molecular formula is C22H23F2N5. The first-order valence-corrected chi connectivity index (χ1v) is 9.63. The first-order chi connectivity index (χ1) is 13.9. The summed E-state index contributed by atoms with van der Waals surface area (Å²) in [7, 11) is 0. The molecule has 0 spiro atoms. The molecular weight excluding hydrogens is 372 g/mol. The molecule has 0 fully saturated rings. The second-order valence-corrected chi connectivity index (χ2v) is 7.31. The van der Waals surface area contributed by atoms with Crippen molar-refractivity contribution < 1.29 is 8.78 Å². The van der Waals surface area contributed by atoms with Crippen molar-refractivity contribution in [2.24, 2.45) is 0 Å². The minimum absolute atomic E-state index is 0.0405. The van der Waals surface area contributed by atoms with Crippen LogP contribution in [0.5, 0.6) is 0 Å². The van der Waals surface area contributed by atoms with E-state index in [0.29, 0.717) is 35.5 Å². The summed E-state index contributed by atoms with van der Waals surface area (Å²) in [5.74, 6) is 0. The quantitative estimate of drug-likeness (QED) is 0.465. The van der Waals surface area contributed by atoms with Crippen molar-refractivity contribution in [2.45, 2.75) is 47.2 Å². The van der Waals surface area contributed by atoms with E-state index in [2.05, 4.69) is 10.2 Å². The summed E-state index contributed by atoms with van der Waals surface area (Å²) in [5, 5.41) is 9.39. The Morgan fingerprint density at radius 1 is 1.00 bits per heavy atom. The third-order valence-corrected chi connectivity index (χ3v) is 5.14. The van der Waals surface area contributed by atoms with Crippen molar-refractivity contribution in [1.29, 1.82) is 0 Å². The Kier molecular flexibility index (Phi) is 4.90. The van der Waals surface area contributed by atoms with E-state index in [0.717, 1.165) is 16.8 Å². The van der Waals surface area contributed by atoms with Crippen molar-refractivity contribution in [1.82, 2.24) is 24.5 Å². The highest BCUT2D eigenvalue weighted by atomic mass is 19.3. The van der Waals surface area contributed by atoms with Gasteiger partial charge < -0.3 is 0 Å². The van der Waals surface area contributed by atoms with Gasteiger partial charge in [0.25, 0.3) is 6.43 Å². The van der Waals surface area contributed by atoms with Crippen LogP contribution in [0.15, 0.2) is 36.5 Å². The molecule has 4 rings (SSSR count). The molecule has 3 heterocycles. The van der Waals surface area contributed by atoms with E-state index in [-0.39, 0.29) is 5.56 Å². The summed E-state index contributed by atoms with van der Waals surface area (Å²) in [5.41, 5.74) is 5.22. The van der Waals surface area contributed by atoms with Crippen LogP contribution in [0.1, 0.15) is 41.4 Å². The van der Waals surface area contributed by atoms with Gasteiger partial charge in [0.2, 0.25) is 0 Å². The van der Waals surface area contributed by atoms with Crippen LogP contribution in [0.3, 0.4) is 0 Å². The van der Waals surface area contributed by atoms with Crippen molar-refractivity contribution in [2.75, 3.05) is 0 Å². The Hall–Kier alpha value is -3.09. The van der Waals surface area contributed by atoms with Gasteiger partial charge in [-0.2, -0.15) is 10.2 Å². The monoisotopic (exact) mass is 395 g/mol. The molecule has 0 atom stereocenters. The van der Waals surface area contributed by atoms with E-state index in [1.54, 1.807) is 16.3 Å². The average molecular weight is 395 g/mol. The number of fused-ring (bicyclic) bond motifs is 1. The molecule has 1 aromatic carbocycles. The predicted molar refractivity (Wildman–Crippen MR) is 109 cm³/mol. The molecule has 4 aromatic rings. The van der Waals surface area contributed by atoms with Gasteiger partial charge in [0.1, 0.15) is 0 Å². The number of halogens is 2. The lowest BCUT2D eigenvalue weighted by Gasteiger charge is -2.08. The Morgan fingerprint density at radius 2 is 1.72 bits per heavy atom.